The van der Waals surface area contributed by atoms with Gasteiger partial charge in [0.05, 0.1) is 6.07 Å². The Kier molecular flexibility index (Phi) is 4.56. The van der Waals surface area contributed by atoms with Crippen molar-refractivity contribution in [2.24, 2.45) is 0 Å². The van der Waals surface area contributed by atoms with Gasteiger partial charge in [0.25, 0.3) is 0 Å². The minimum atomic E-state index is 0.267. The van der Waals surface area contributed by atoms with Gasteiger partial charge in [-0.3, -0.25) is 0 Å². The van der Waals surface area contributed by atoms with E-state index in [4.69, 9.17) is 5.26 Å². The quantitative estimate of drug-likeness (QED) is 0.842. The number of hydrogen-bond acceptors (Lipinski definition) is 5. The fourth-order valence-electron chi connectivity index (χ4n) is 2.61. The molecule has 0 aromatic carbocycles. The molecular weight excluding hydrogens is 238 g/mol. The van der Waals surface area contributed by atoms with Crippen LogP contribution in [-0.2, 0) is 0 Å². The van der Waals surface area contributed by atoms with Crippen LogP contribution in [0.3, 0.4) is 0 Å². The third-order valence-electron chi connectivity index (χ3n) is 3.66. The van der Waals surface area contributed by atoms with Crippen molar-refractivity contribution >= 4 is 11.6 Å². The Balaban J connectivity index is 2.13. The molecule has 1 N–H and O–H groups in total. The largest absolute Gasteiger partial charge is 0.357 e. The molecule has 1 aromatic rings. The number of nitrogens with zero attached hydrogens (tertiary/aromatic N) is 4. The lowest BCUT2D eigenvalue weighted by molar-refractivity contribution is 0.426. The highest BCUT2D eigenvalue weighted by atomic mass is 15.2. The molecule has 102 valence electrons. The zero-order valence-corrected chi connectivity index (χ0v) is 11.7. The molecular formula is C14H21N5. The Labute approximate surface area is 114 Å². The van der Waals surface area contributed by atoms with Gasteiger partial charge in [0.15, 0.2) is 0 Å². The molecule has 0 unspecified atom stereocenters. The lowest BCUT2D eigenvalue weighted by Crippen LogP contribution is -2.34. The smallest absolute Gasteiger partial charge is 0.134 e. The minimum Gasteiger partial charge on any atom is -0.357 e. The Bertz CT molecular complexity index is 459. The highest BCUT2D eigenvalue weighted by Gasteiger charge is 2.19. The van der Waals surface area contributed by atoms with Crippen LogP contribution in [0.4, 0.5) is 11.6 Å². The van der Waals surface area contributed by atoms with E-state index in [1.54, 1.807) is 0 Å². The molecule has 1 saturated carbocycles. The molecule has 1 aliphatic carbocycles. The Hall–Kier alpha value is -1.83. The van der Waals surface area contributed by atoms with E-state index in [2.05, 4.69) is 33.3 Å². The monoisotopic (exact) mass is 259 g/mol. The maximum absolute atomic E-state index is 8.61. The fourth-order valence-corrected chi connectivity index (χ4v) is 2.61. The van der Waals surface area contributed by atoms with Gasteiger partial charge in [0.2, 0.25) is 0 Å². The molecule has 0 bridgehead atoms. The van der Waals surface area contributed by atoms with E-state index in [1.807, 2.05) is 13.0 Å². The van der Waals surface area contributed by atoms with Gasteiger partial charge in [-0.25, -0.2) is 9.97 Å². The summed E-state index contributed by atoms with van der Waals surface area (Å²) in [5.74, 6) is 2.41. The van der Waals surface area contributed by atoms with Crippen LogP contribution >= 0.6 is 0 Å². The van der Waals surface area contributed by atoms with Crippen LogP contribution in [0.1, 0.15) is 37.9 Å². The first-order valence-electron chi connectivity index (χ1n) is 6.90. The molecule has 0 amide bonds. The van der Waals surface area contributed by atoms with Gasteiger partial charge >= 0.3 is 0 Å². The van der Waals surface area contributed by atoms with Crippen molar-refractivity contribution in [3.63, 3.8) is 0 Å². The average Bonchev–Trinajstić information content (AvgIpc) is 2.44. The standard InChI is InChI=1S/C14H21N5/c1-11-17-13(16-9-8-15)10-14(18-11)19(2)12-6-4-3-5-7-12/h10,12H,3-7,9H2,1-2H3,(H,16,17,18). The average molecular weight is 259 g/mol. The van der Waals surface area contributed by atoms with Gasteiger partial charge in [-0.2, -0.15) is 5.26 Å². The summed E-state index contributed by atoms with van der Waals surface area (Å²) in [6, 6.07) is 4.57. The van der Waals surface area contributed by atoms with E-state index in [-0.39, 0.29) is 6.54 Å². The summed E-state index contributed by atoms with van der Waals surface area (Å²) in [5.41, 5.74) is 0. The van der Waals surface area contributed by atoms with Crippen LogP contribution in [0.5, 0.6) is 0 Å². The van der Waals surface area contributed by atoms with E-state index >= 15 is 0 Å². The van der Waals surface area contributed by atoms with Gasteiger partial charge in [0.1, 0.15) is 24.0 Å². The highest BCUT2D eigenvalue weighted by Crippen LogP contribution is 2.25. The second-order valence-corrected chi connectivity index (χ2v) is 5.07. The van der Waals surface area contributed by atoms with Crippen molar-refractivity contribution in [1.29, 1.82) is 5.26 Å². The van der Waals surface area contributed by atoms with E-state index in [0.717, 1.165) is 17.5 Å². The van der Waals surface area contributed by atoms with Crippen LogP contribution in [0, 0.1) is 18.3 Å². The van der Waals surface area contributed by atoms with Crippen molar-refractivity contribution in [1.82, 2.24) is 9.97 Å². The molecule has 5 nitrogen and oxygen atoms in total. The van der Waals surface area contributed by atoms with Crippen molar-refractivity contribution in [3.8, 4) is 6.07 Å². The number of nitriles is 1. The van der Waals surface area contributed by atoms with Gasteiger partial charge in [0, 0.05) is 19.2 Å². The first kappa shape index (κ1) is 13.6. The summed E-state index contributed by atoms with van der Waals surface area (Å²) in [5, 5.41) is 11.6. The van der Waals surface area contributed by atoms with Crippen molar-refractivity contribution < 1.29 is 0 Å². The number of rotatable bonds is 4. The zero-order valence-electron chi connectivity index (χ0n) is 11.7. The molecule has 1 fully saturated rings. The van der Waals surface area contributed by atoms with Crippen LogP contribution in [0.25, 0.3) is 0 Å². The van der Waals surface area contributed by atoms with E-state index < -0.39 is 0 Å². The summed E-state index contributed by atoms with van der Waals surface area (Å²) in [7, 11) is 2.10. The Morgan fingerprint density at radius 3 is 2.79 bits per heavy atom. The van der Waals surface area contributed by atoms with Crippen LogP contribution < -0.4 is 10.2 Å². The van der Waals surface area contributed by atoms with Gasteiger partial charge in [-0.05, 0) is 19.8 Å². The number of nitrogens with one attached hydrogen (secondary N) is 1. The number of aryl methyl sites for hydroxylation is 1. The SMILES string of the molecule is Cc1nc(NCC#N)cc(N(C)C2CCCCC2)n1. The molecule has 1 aliphatic rings. The molecule has 0 aliphatic heterocycles. The predicted molar refractivity (Wildman–Crippen MR) is 76.1 cm³/mol. The summed E-state index contributed by atoms with van der Waals surface area (Å²) >= 11 is 0. The number of aromatic nitrogens is 2. The third-order valence-corrected chi connectivity index (χ3v) is 3.66. The lowest BCUT2D eigenvalue weighted by atomic mass is 9.94. The summed E-state index contributed by atoms with van der Waals surface area (Å²) in [4.78, 5) is 11.1. The second-order valence-electron chi connectivity index (χ2n) is 5.07. The summed E-state index contributed by atoms with van der Waals surface area (Å²) in [6.45, 7) is 2.15. The topological polar surface area (TPSA) is 64.8 Å². The molecule has 0 spiro atoms. The van der Waals surface area contributed by atoms with E-state index in [1.165, 1.54) is 32.1 Å². The first-order chi connectivity index (χ1) is 9.20. The lowest BCUT2D eigenvalue weighted by Gasteiger charge is -2.32. The Morgan fingerprint density at radius 1 is 1.37 bits per heavy atom. The molecule has 0 radical (unpaired) electrons. The van der Waals surface area contributed by atoms with Gasteiger partial charge < -0.3 is 10.2 Å². The van der Waals surface area contributed by atoms with Crippen molar-refractivity contribution in [2.75, 3.05) is 23.8 Å². The van der Waals surface area contributed by atoms with E-state index in [9.17, 15) is 0 Å². The molecule has 5 heteroatoms. The zero-order chi connectivity index (χ0) is 13.7. The summed E-state index contributed by atoms with van der Waals surface area (Å²) < 4.78 is 0. The van der Waals surface area contributed by atoms with Crippen molar-refractivity contribution in [2.45, 2.75) is 45.1 Å². The van der Waals surface area contributed by atoms with Gasteiger partial charge in [-0.15, -0.1) is 0 Å². The maximum Gasteiger partial charge on any atom is 0.134 e. The van der Waals surface area contributed by atoms with Crippen molar-refractivity contribution in [3.05, 3.63) is 11.9 Å². The summed E-state index contributed by atoms with van der Waals surface area (Å²) in [6.07, 6.45) is 6.43. The van der Waals surface area contributed by atoms with Crippen LogP contribution in [0.15, 0.2) is 6.07 Å². The third kappa shape index (κ3) is 3.57. The minimum absolute atomic E-state index is 0.267. The number of hydrogen-bond donors (Lipinski definition) is 1. The highest BCUT2D eigenvalue weighted by molar-refractivity contribution is 5.50. The first-order valence-corrected chi connectivity index (χ1v) is 6.90. The number of anilines is 2. The van der Waals surface area contributed by atoms with Crippen LogP contribution in [-0.4, -0.2) is 29.6 Å². The molecule has 1 aromatic heterocycles. The van der Waals surface area contributed by atoms with Crippen LogP contribution in [0.2, 0.25) is 0 Å². The van der Waals surface area contributed by atoms with E-state index in [0.29, 0.717) is 6.04 Å². The Morgan fingerprint density at radius 2 is 2.11 bits per heavy atom. The fraction of sp³-hybridized carbons (Fsp3) is 0.643. The predicted octanol–water partition coefficient (Wildman–Crippen LogP) is 2.49. The second kappa shape index (κ2) is 6.37. The normalized spacial score (nSPS) is 15.8. The molecule has 0 saturated heterocycles. The van der Waals surface area contributed by atoms with Gasteiger partial charge in [-0.1, -0.05) is 19.3 Å². The molecule has 0 atom stereocenters. The molecule has 2 rings (SSSR count). The maximum atomic E-state index is 8.61. The molecule has 1 heterocycles. The molecule has 19 heavy (non-hydrogen) atoms.